The summed E-state index contributed by atoms with van der Waals surface area (Å²) in [6, 6.07) is 9.57. The lowest BCUT2D eigenvalue weighted by atomic mass is 10.1. The number of hydrogen-bond donors (Lipinski definition) is 0. The van der Waals surface area contributed by atoms with Crippen molar-refractivity contribution in [1.29, 1.82) is 0 Å². The summed E-state index contributed by atoms with van der Waals surface area (Å²) >= 11 is 0. The van der Waals surface area contributed by atoms with Crippen LogP contribution in [-0.2, 0) is 4.74 Å². The number of aryl methyl sites for hydroxylation is 1. The summed E-state index contributed by atoms with van der Waals surface area (Å²) in [5, 5.41) is 6.26. The number of aromatic nitrogens is 5. The summed E-state index contributed by atoms with van der Waals surface area (Å²) in [6.45, 7) is 3.36. The van der Waals surface area contributed by atoms with E-state index < -0.39 is 0 Å². The predicted molar refractivity (Wildman–Crippen MR) is 102 cm³/mol. The Hall–Kier alpha value is -3.39. The molecule has 140 valence electrons. The number of nitrogens with zero attached hydrogens (tertiary/aromatic N) is 6. The van der Waals surface area contributed by atoms with Gasteiger partial charge in [-0.05, 0) is 36.6 Å². The molecule has 0 aliphatic carbocycles. The average Bonchev–Trinajstić information content (AvgIpc) is 3.20. The molecule has 1 atom stereocenters. The van der Waals surface area contributed by atoms with Crippen LogP contribution in [0.3, 0.4) is 0 Å². The number of ether oxygens (including phenoxy) is 1. The van der Waals surface area contributed by atoms with Crippen molar-refractivity contribution >= 4 is 22.5 Å². The molecular weight excluding hydrogens is 356 g/mol. The fourth-order valence-electron chi connectivity index (χ4n) is 3.60. The average molecular weight is 374 g/mol. The van der Waals surface area contributed by atoms with E-state index in [1.165, 1.54) is 6.33 Å². The fourth-order valence-corrected chi connectivity index (χ4v) is 3.60. The van der Waals surface area contributed by atoms with Crippen LogP contribution >= 0.6 is 0 Å². The van der Waals surface area contributed by atoms with E-state index in [0.29, 0.717) is 31.0 Å². The SMILES string of the molecule is Cc1cc(C2CN(C(=O)c3ccc4ccncc4c3)CCO2)n2ncnc2n1. The van der Waals surface area contributed by atoms with E-state index in [4.69, 9.17) is 4.74 Å². The van der Waals surface area contributed by atoms with Crippen LogP contribution in [0.5, 0.6) is 0 Å². The molecule has 0 saturated carbocycles. The quantitative estimate of drug-likeness (QED) is 0.535. The molecule has 4 aromatic rings. The van der Waals surface area contributed by atoms with Crippen LogP contribution in [0, 0.1) is 6.92 Å². The lowest BCUT2D eigenvalue weighted by Crippen LogP contribution is -2.42. The molecule has 0 N–H and O–H groups in total. The highest BCUT2D eigenvalue weighted by Crippen LogP contribution is 2.24. The van der Waals surface area contributed by atoms with Crippen molar-refractivity contribution in [3.05, 3.63) is 66.0 Å². The molecule has 0 spiro atoms. The van der Waals surface area contributed by atoms with Crippen LogP contribution in [0.25, 0.3) is 16.6 Å². The number of hydrogen-bond acceptors (Lipinski definition) is 6. The van der Waals surface area contributed by atoms with Crippen molar-refractivity contribution in [3.8, 4) is 0 Å². The minimum absolute atomic E-state index is 0.0142. The van der Waals surface area contributed by atoms with Crippen molar-refractivity contribution in [2.75, 3.05) is 19.7 Å². The second-order valence-electron chi connectivity index (χ2n) is 6.84. The highest BCUT2D eigenvalue weighted by atomic mass is 16.5. The Morgan fingerprint density at radius 3 is 3.07 bits per heavy atom. The fraction of sp³-hybridized carbons (Fsp3) is 0.250. The maximum Gasteiger partial charge on any atom is 0.254 e. The van der Waals surface area contributed by atoms with E-state index in [2.05, 4.69) is 20.1 Å². The zero-order valence-electron chi connectivity index (χ0n) is 15.3. The van der Waals surface area contributed by atoms with Gasteiger partial charge in [0.25, 0.3) is 11.7 Å². The largest absolute Gasteiger partial charge is 0.368 e. The maximum absolute atomic E-state index is 13.1. The summed E-state index contributed by atoms with van der Waals surface area (Å²) in [5.74, 6) is 0.517. The van der Waals surface area contributed by atoms with Gasteiger partial charge in [-0.15, -0.1) is 0 Å². The molecule has 8 heteroatoms. The number of benzene rings is 1. The summed E-state index contributed by atoms with van der Waals surface area (Å²) in [7, 11) is 0. The van der Waals surface area contributed by atoms with E-state index in [9.17, 15) is 4.79 Å². The first-order valence-electron chi connectivity index (χ1n) is 9.11. The minimum Gasteiger partial charge on any atom is -0.368 e. The Morgan fingerprint density at radius 1 is 1.21 bits per heavy atom. The molecule has 3 aromatic heterocycles. The Bertz CT molecular complexity index is 1190. The normalized spacial score (nSPS) is 17.3. The van der Waals surface area contributed by atoms with E-state index in [1.54, 1.807) is 16.9 Å². The van der Waals surface area contributed by atoms with Gasteiger partial charge in [0.1, 0.15) is 12.4 Å². The summed E-state index contributed by atoms with van der Waals surface area (Å²) < 4.78 is 7.64. The minimum atomic E-state index is -0.286. The molecule has 1 saturated heterocycles. The van der Waals surface area contributed by atoms with Crippen LogP contribution in [-0.4, -0.2) is 55.1 Å². The number of fused-ring (bicyclic) bond motifs is 2. The molecule has 1 fully saturated rings. The molecule has 0 radical (unpaired) electrons. The van der Waals surface area contributed by atoms with Gasteiger partial charge in [0.15, 0.2) is 0 Å². The van der Waals surface area contributed by atoms with Gasteiger partial charge >= 0.3 is 0 Å². The van der Waals surface area contributed by atoms with E-state index in [1.807, 2.05) is 42.2 Å². The smallest absolute Gasteiger partial charge is 0.254 e. The maximum atomic E-state index is 13.1. The summed E-state index contributed by atoms with van der Waals surface area (Å²) in [6.07, 6.45) is 4.71. The lowest BCUT2D eigenvalue weighted by molar-refractivity contribution is -0.0257. The van der Waals surface area contributed by atoms with Crippen LogP contribution in [0.2, 0.25) is 0 Å². The first kappa shape index (κ1) is 16.8. The number of amides is 1. The van der Waals surface area contributed by atoms with Crippen LogP contribution in [0.1, 0.15) is 27.8 Å². The van der Waals surface area contributed by atoms with E-state index in [-0.39, 0.29) is 12.0 Å². The van der Waals surface area contributed by atoms with Gasteiger partial charge in [0.2, 0.25) is 0 Å². The van der Waals surface area contributed by atoms with Gasteiger partial charge in [0.05, 0.1) is 18.8 Å². The number of carbonyl (C=O) groups excluding carboxylic acids is 1. The standard InChI is InChI=1S/C20H18N6O2/c1-13-8-17(26-20(24-13)22-12-23-26)18-11-25(6-7-28-18)19(27)15-3-2-14-4-5-21-10-16(14)9-15/h2-5,8-10,12,18H,6-7,11H2,1H3. The number of morpholine rings is 1. The van der Waals surface area contributed by atoms with Crippen molar-refractivity contribution in [2.24, 2.45) is 0 Å². The molecule has 0 bridgehead atoms. The van der Waals surface area contributed by atoms with Gasteiger partial charge in [0, 0.05) is 35.6 Å². The molecule has 1 aliphatic rings. The lowest BCUT2D eigenvalue weighted by Gasteiger charge is -2.33. The second kappa shape index (κ2) is 6.65. The van der Waals surface area contributed by atoms with Crippen LogP contribution < -0.4 is 0 Å². The molecular formula is C20H18N6O2. The zero-order chi connectivity index (χ0) is 19.1. The highest BCUT2D eigenvalue weighted by Gasteiger charge is 2.28. The Kier molecular flexibility index (Phi) is 3.98. The molecule has 8 nitrogen and oxygen atoms in total. The third kappa shape index (κ3) is 2.87. The predicted octanol–water partition coefficient (Wildman–Crippen LogP) is 2.19. The van der Waals surface area contributed by atoms with Crippen molar-refractivity contribution in [2.45, 2.75) is 13.0 Å². The van der Waals surface area contributed by atoms with Crippen molar-refractivity contribution < 1.29 is 9.53 Å². The summed E-state index contributed by atoms with van der Waals surface area (Å²) in [4.78, 5) is 27.6. The van der Waals surface area contributed by atoms with Crippen LogP contribution in [0.15, 0.2) is 49.1 Å². The highest BCUT2D eigenvalue weighted by molar-refractivity contribution is 5.98. The first-order chi connectivity index (χ1) is 13.7. The zero-order valence-corrected chi connectivity index (χ0v) is 15.3. The number of pyridine rings is 1. The number of rotatable bonds is 2. The second-order valence-corrected chi connectivity index (χ2v) is 6.84. The Balaban J connectivity index is 1.44. The van der Waals surface area contributed by atoms with Gasteiger partial charge in [-0.2, -0.15) is 14.6 Å². The monoisotopic (exact) mass is 374 g/mol. The molecule has 5 rings (SSSR count). The first-order valence-corrected chi connectivity index (χ1v) is 9.11. The van der Waals surface area contributed by atoms with Crippen LogP contribution in [0.4, 0.5) is 0 Å². The molecule has 1 amide bonds. The van der Waals surface area contributed by atoms with Crippen molar-refractivity contribution in [1.82, 2.24) is 29.5 Å². The van der Waals surface area contributed by atoms with Gasteiger partial charge < -0.3 is 9.64 Å². The Morgan fingerprint density at radius 2 is 2.14 bits per heavy atom. The topological polar surface area (TPSA) is 85.5 Å². The van der Waals surface area contributed by atoms with Gasteiger partial charge in [-0.25, -0.2) is 4.98 Å². The van der Waals surface area contributed by atoms with E-state index in [0.717, 1.165) is 22.2 Å². The molecule has 28 heavy (non-hydrogen) atoms. The molecule has 4 heterocycles. The van der Waals surface area contributed by atoms with E-state index >= 15 is 0 Å². The third-order valence-corrected chi connectivity index (χ3v) is 4.98. The number of carbonyl (C=O) groups is 1. The third-order valence-electron chi connectivity index (χ3n) is 4.98. The summed E-state index contributed by atoms with van der Waals surface area (Å²) in [5.41, 5.74) is 2.34. The molecule has 1 aromatic carbocycles. The van der Waals surface area contributed by atoms with Crippen molar-refractivity contribution in [3.63, 3.8) is 0 Å². The van der Waals surface area contributed by atoms with Gasteiger partial charge in [-0.1, -0.05) is 6.07 Å². The molecule has 1 aliphatic heterocycles. The molecule has 1 unspecified atom stereocenters. The Labute approximate surface area is 160 Å². The van der Waals surface area contributed by atoms with Gasteiger partial charge in [-0.3, -0.25) is 9.78 Å².